The third-order valence-corrected chi connectivity index (χ3v) is 20.4. The second-order valence-corrected chi connectivity index (χ2v) is 32.1. The second-order valence-electron chi connectivity index (χ2n) is 29.2. The summed E-state index contributed by atoms with van der Waals surface area (Å²) >= 11 is 0. The lowest BCUT2D eigenvalue weighted by Gasteiger charge is -2.21. The van der Waals surface area contributed by atoms with Crippen molar-refractivity contribution in [1.29, 1.82) is 0 Å². The Morgan fingerprint density at radius 2 is 0.500 bits per heavy atom. The number of rotatable bonds is 74. The maximum atomic E-state index is 13.1. The topological polar surface area (TPSA) is 237 Å². The molecule has 0 aromatic rings. The first kappa shape index (κ1) is 94.1. The number of carbonyl (C=O) groups excluding carboxylic acids is 4. The smallest absolute Gasteiger partial charge is 0.462 e. The third kappa shape index (κ3) is 67.9. The molecule has 96 heavy (non-hydrogen) atoms. The van der Waals surface area contributed by atoms with Gasteiger partial charge in [0.25, 0.3) is 0 Å². The summed E-state index contributed by atoms with van der Waals surface area (Å²) in [4.78, 5) is 72.8. The summed E-state index contributed by atoms with van der Waals surface area (Å²) in [7, 11) is -9.91. The van der Waals surface area contributed by atoms with Crippen LogP contribution in [0.25, 0.3) is 0 Å². The van der Waals surface area contributed by atoms with Gasteiger partial charge in [0.05, 0.1) is 26.4 Å². The molecule has 0 saturated carbocycles. The SMILES string of the molecule is CCC(C)CCCCCCCCCCCCC(=O)O[C@H](COC(=O)CCCCCCCCCCC(C)C)COP(=O)(O)OC[C@@H](O)COP(=O)(O)OC[C@@H](COC(=O)CCCCCCCCC(C)CC)OC(=O)CCCCCCCCCCCCCCCCCCCCC(C)C. The number of hydrogen-bond acceptors (Lipinski definition) is 15. The van der Waals surface area contributed by atoms with Gasteiger partial charge in [-0.05, 0) is 49.4 Å². The molecule has 0 aromatic heterocycles. The van der Waals surface area contributed by atoms with E-state index in [9.17, 15) is 43.2 Å². The number of carbonyl (C=O) groups is 4. The molecule has 0 heterocycles. The highest BCUT2D eigenvalue weighted by atomic mass is 31.2. The highest BCUT2D eigenvalue weighted by Gasteiger charge is 2.30. The maximum Gasteiger partial charge on any atom is 0.472 e. The largest absolute Gasteiger partial charge is 0.472 e. The molecule has 7 atom stereocenters. The van der Waals surface area contributed by atoms with Crippen LogP contribution in [0.1, 0.15) is 389 Å². The first-order valence-corrected chi connectivity index (χ1v) is 42.8. The number of aliphatic hydroxyl groups excluding tert-OH is 1. The second kappa shape index (κ2) is 66.3. The van der Waals surface area contributed by atoms with Crippen molar-refractivity contribution in [2.45, 2.75) is 408 Å². The van der Waals surface area contributed by atoms with Gasteiger partial charge in [-0.25, -0.2) is 9.13 Å². The molecule has 0 saturated heterocycles. The van der Waals surface area contributed by atoms with Gasteiger partial charge in [0.2, 0.25) is 0 Å². The molecule has 19 heteroatoms. The van der Waals surface area contributed by atoms with E-state index in [1.54, 1.807) is 0 Å². The monoisotopic (exact) mass is 1410 g/mol. The van der Waals surface area contributed by atoms with Crippen LogP contribution in [0, 0.1) is 23.7 Å². The van der Waals surface area contributed by atoms with Crippen molar-refractivity contribution in [3.8, 4) is 0 Å². The van der Waals surface area contributed by atoms with Crippen molar-refractivity contribution in [2.24, 2.45) is 23.7 Å². The molecule has 0 aliphatic rings. The number of phosphoric acid groups is 2. The van der Waals surface area contributed by atoms with E-state index in [4.69, 9.17) is 37.0 Å². The van der Waals surface area contributed by atoms with Crippen LogP contribution in [0.2, 0.25) is 0 Å². The molecule has 0 aliphatic heterocycles. The zero-order chi connectivity index (χ0) is 71.0. The first-order chi connectivity index (χ1) is 46.2. The lowest BCUT2D eigenvalue weighted by atomic mass is 9.99. The highest BCUT2D eigenvalue weighted by molar-refractivity contribution is 7.47. The quantitative estimate of drug-likeness (QED) is 0.0222. The summed E-state index contributed by atoms with van der Waals surface area (Å²) < 4.78 is 68.5. The normalized spacial score (nSPS) is 14.7. The van der Waals surface area contributed by atoms with Gasteiger partial charge in [0.15, 0.2) is 12.2 Å². The number of hydrogen-bond donors (Lipinski definition) is 3. The van der Waals surface area contributed by atoms with Crippen molar-refractivity contribution >= 4 is 39.5 Å². The fourth-order valence-corrected chi connectivity index (χ4v) is 13.2. The fraction of sp³-hybridized carbons (Fsp3) is 0.948. The van der Waals surface area contributed by atoms with E-state index in [0.717, 1.165) is 120 Å². The van der Waals surface area contributed by atoms with Gasteiger partial charge in [-0.15, -0.1) is 0 Å². The predicted octanol–water partition coefficient (Wildman–Crippen LogP) is 22.4. The molecule has 0 amide bonds. The first-order valence-electron chi connectivity index (χ1n) is 39.8. The Bertz CT molecular complexity index is 1890. The molecule has 4 unspecified atom stereocenters. The minimum absolute atomic E-state index is 0.105. The Labute approximate surface area is 588 Å². The average molecular weight is 1410 g/mol. The number of esters is 4. The van der Waals surface area contributed by atoms with Crippen LogP contribution in [-0.4, -0.2) is 96.7 Å². The van der Waals surface area contributed by atoms with Gasteiger partial charge in [-0.3, -0.25) is 37.3 Å². The third-order valence-electron chi connectivity index (χ3n) is 18.5. The summed E-state index contributed by atoms with van der Waals surface area (Å²) in [6.45, 7) is 14.2. The summed E-state index contributed by atoms with van der Waals surface area (Å²) in [5.41, 5.74) is 0. The van der Waals surface area contributed by atoms with E-state index in [-0.39, 0.29) is 25.7 Å². The van der Waals surface area contributed by atoms with E-state index in [0.29, 0.717) is 25.7 Å². The molecule has 0 spiro atoms. The van der Waals surface area contributed by atoms with Crippen LogP contribution in [0.4, 0.5) is 0 Å². The zero-order valence-corrected chi connectivity index (χ0v) is 64.8. The Balaban J connectivity index is 5.20. The lowest BCUT2D eigenvalue weighted by Crippen LogP contribution is -2.30. The number of ether oxygens (including phenoxy) is 4. The Morgan fingerprint density at radius 1 is 0.292 bits per heavy atom. The molecule has 0 aromatic carbocycles. The van der Waals surface area contributed by atoms with Gasteiger partial charge < -0.3 is 33.8 Å². The maximum absolute atomic E-state index is 13.1. The molecule has 0 rings (SSSR count). The zero-order valence-electron chi connectivity index (χ0n) is 63.0. The molecular formula is C77H150O17P2. The predicted molar refractivity (Wildman–Crippen MR) is 391 cm³/mol. The molecule has 0 fully saturated rings. The minimum Gasteiger partial charge on any atom is -0.462 e. The van der Waals surface area contributed by atoms with Crippen molar-refractivity contribution in [1.82, 2.24) is 0 Å². The fourth-order valence-electron chi connectivity index (χ4n) is 11.7. The Hall–Kier alpha value is -1.94. The highest BCUT2D eigenvalue weighted by Crippen LogP contribution is 2.45. The Morgan fingerprint density at radius 3 is 0.740 bits per heavy atom. The van der Waals surface area contributed by atoms with Crippen molar-refractivity contribution < 1.29 is 80.2 Å². The van der Waals surface area contributed by atoms with E-state index < -0.39 is 97.5 Å². The number of aliphatic hydroxyl groups is 1. The van der Waals surface area contributed by atoms with Crippen LogP contribution < -0.4 is 0 Å². The van der Waals surface area contributed by atoms with Crippen LogP contribution in [0.3, 0.4) is 0 Å². The van der Waals surface area contributed by atoms with Crippen LogP contribution >= 0.6 is 15.6 Å². The standard InChI is InChI=1S/C77H150O17P2/c1-9-69(7)55-47-39-31-24-21-22-26-34-44-52-60-77(82)93-72(63-87-74(79)57-49-41-32-28-27-30-38-46-54-68(5)6)65-91-95(83,84)89-61-71(78)62-90-96(85,86)92-66-73(64-88-75(80)58-50-42-36-35-40-48-56-70(8)10-2)94-76(81)59-51-43-33-25-20-18-16-14-12-11-13-15-17-19-23-29-37-45-53-67(3)4/h67-73,78H,9-66H2,1-8H3,(H,83,84)(H,85,86)/t69?,70?,71-,72-,73-/m1/s1. The van der Waals surface area contributed by atoms with E-state index >= 15 is 0 Å². The molecule has 3 N–H and O–H groups in total. The van der Waals surface area contributed by atoms with Crippen LogP contribution in [-0.2, 0) is 65.4 Å². The molecule has 570 valence electrons. The van der Waals surface area contributed by atoms with Gasteiger partial charge in [0.1, 0.15) is 19.3 Å². The summed E-state index contributed by atoms with van der Waals surface area (Å²) in [5, 5.41) is 10.6. The van der Waals surface area contributed by atoms with Crippen LogP contribution in [0.15, 0.2) is 0 Å². The number of phosphoric ester groups is 2. The van der Waals surface area contributed by atoms with E-state index in [2.05, 4.69) is 55.4 Å². The summed E-state index contributed by atoms with van der Waals surface area (Å²) in [5.74, 6) is 0.958. The van der Waals surface area contributed by atoms with Crippen molar-refractivity contribution in [3.63, 3.8) is 0 Å². The van der Waals surface area contributed by atoms with E-state index in [1.165, 1.54) is 186 Å². The molecule has 17 nitrogen and oxygen atoms in total. The van der Waals surface area contributed by atoms with Gasteiger partial charge in [0, 0.05) is 25.7 Å². The molecule has 0 radical (unpaired) electrons. The summed E-state index contributed by atoms with van der Waals surface area (Å²) in [6, 6.07) is 0. The van der Waals surface area contributed by atoms with Gasteiger partial charge >= 0.3 is 39.5 Å². The van der Waals surface area contributed by atoms with Gasteiger partial charge in [-0.2, -0.15) is 0 Å². The minimum atomic E-state index is -4.96. The average Bonchev–Trinajstić information content (AvgIpc) is 1.70. The van der Waals surface area contributed by atoms with Gasteiger partial charge in [-0.1, -0.05) is 338 Å². The molecule has 0 bridgehead atoms. The lowest BCUT2D eigenvalue weighted by molar-refractivity contribution is -0.161. The number of unbranched alkanes of at least 4 members (excludes halogenated alkanes) is 38. The summed E-state index contributed by atoms with van der Waals surface area (Å²) in [6.07, 6.45) is 51.4. The van der Waals surface area contributed by atoms with E-state index in [1.807, 2.05) is 0 Å². The Kier molecular flexibility index (Phi) is 65.0. The van der Waals surface area contributed by atoms with Crippen LogP contribution in [0.5, 0.6) is 0 Å². The molecule has 0 aliphatic carbocycles. The molecular weight excluding hydrogens is 1260 g/mol. The van der Waals surface area contributed by atoms with Crippen molar-refractivity contribution in [2.75, 3.05) is 39.6 Å². The van der Waals surface area contributed by atoms with Crippen molar-refractivity contribution in [3.05, 3.63) is 0 Å².